The van der Waals surface area contributed by atoms with E-state index in [4.69, 9.17) is 0 Å². The van der Waals surface area contributed by atoms with E-state index in [0.717, 1.165) is 25.9 Å². The zero-order valence-corrected chi connectivity index (χ0v) is 4.88. The third kappa shape index (κ3) is 1.87. The molecule has 0 fully saturated rings. The fourth-order valence-corrected chi connectivity index (χ4v) is 0.630. The SMILES string of the molecule is C1=NCCN=CCC1. The summed E-state index contributed by atoms with van der Waals surface area (Å²) in [6, 6.07) is 0. The molecular weight excluding hydrogens is 100 g/mol. The predicted molar refractivity (Wildman–Crippen MR) is 36.0 cm³/mol. The fraction of sp³-hybridized carbons (Fsp3) is 0.667. The molecule has 2 heteroatoms. The number of hydrogen-bond acceptors (Lipinski definition) is 2. The second-order valence-electron chi connectivity index (χ2n) is 1.75. The maximum absolute atomic E-state index is 4.09. The molecule has 0 bridgehead atoms. The molecule has 0 amide bonds. The summed E-state index contributed by atoms with van der Waals surface area (Å²) in [5, 5.41) is 0. The van der Waals surface area contributed by atoms with Crippen LogP contribution in [0.25, 0.3) is 0 Å². The lowest BCUT2D eigenvalue weighted by molar-refractivity contribution is 0.954. The molecule has 1 rings (SSSR count). The zero-order valence-electron chi connectivity index (χ0n) is 4.88. The molecular formula is C6H10N2. The molecule has 0 N–H and O–H groups in total. The van der Waals surface area contributed by atoms with Crippen LogP contribution in [-0.4, -0.2) is 25.5 Å². The second-order valence-corrected chi connectivity index (χ2v) is 1.75. The van der Waals surface area contributed by atoms with E-state index in [0.29, 0.717) is 0 Å². The van der Waals surface area contributed by atoms with Crippen LogP contribution in [0, 0.1) is 0 Å². The second kappa shape index (κ2) is 3.36. The first-order valence-electron chi connectivity index (χ1n) is 2.97. The predicted octanol–water partition coefficient (Wildman–Crippen LogP) is 0.922. The van der Waals surface area contributed by atoms with Crippen molar-refractivity contribution < 1.29 is 0 Å². The Morgan fingerprint density at radius 2 is 1.38 bits per heavy atom. The van der Waals surface area contributed by atoms with Crippen molar-refractivity contribution in [3.05, 3.63) is 0 Å². The van der Waals surface area contributed by atoms with Crippen molar-refractivity contribution in [3.8, 4) is 0 Å². The van der Waals surface area contributed by atoms with Gasteiger partial charge in [-0.1, -0.05) is 0 Å². The number of rotatable bonds is 0. The van der Waals surface area contributed by atoms with Crippen LogP contribution in [0.3, 0.4) is 0 Å². The summed E-state index contributed by atoms with van der Waals surface area (Å²) in [7, 11) is 0. The van der Waals surface area contributed by atoms with Crippen LogP contribution in [-0.2, 0) is 0 Å². The minimum atomic E-state index is 0.872. The van der Waals surface area contributed by atoms with Crippen molar-refractivity contribution >= 4 is 12.4 Å². The van der Waals surface area contributed by atoms with Gasteiger partial charge in [0.25, 0.3) is 0 Å². The highest BCUT2D eigenvalue weighted by atomic mass is 14.8. The molecule has 2 nitrogen and oxygen atoms in total. The Bertz CT molecular complexity index is 79.1. The largest absolute Gasteiger partial charge is 0.296 e. The Hall–Kier alpha value is -0.660. The van der Waals surface area contributed by atoms with Crippen LogP contribution in [0.15, 0.2) is 9.98 Å². The Kier molecular flexibility index (Phi) is 2.30. The summed E-state index contributed by atoms with van der Waals surface area (Å²) in [6.45, 7) is 1.74. The van der Waals surface area contributed by atoms with Crippen molar-refractivity contribution in [1.29, 1.82) is 0 Å². The maximum Gasteiger partial charge on any atom is 0.0581 e. The van der Waals surface area contributed by atoms with E-state index in [1.807, 2.05) is 12.4 Å². The van der Waals surface area contributed by atoms with Crippen LogP contribution in [0.4, 0.5) is 0 Å². The van der Waals surface area contributed by atoms with Crippen LogP contribution < -0.4 is 0 Å². The van der Waals surface area contributed by atoms with E-state index in [2.05, 4.69) is 9.98 Å². The van der Waals surface area contributed by atoms with Crippen LogP contribution in [0.2, 0.25) is 0 Å². The third-order valence-corrected chi connectivity index (χ3v) is 1.04. The highest BCUT2D eigenvalue weighted by Crippen LogP contribution is 1.85. The minimum absolute atomic E-state index is 0.872. The smallest absolute Gasteiger partial charge is 0.0581 e. The average molecular weight is 110 g/mol. The lowest BCUT2D eigenvalue weighted by Gasteiger charge is -1.92. The minimum Gasteiger partial charge on any atom is -0.296 e. The molecule has 0 unspecified atom stereocenters. The van der Waals surface area contributed by atoms with Crippen molar-refractivity contribution in [1.82, 2.24) is 0 Å². The lowest BCUT2D eigenvalue weighted by atomic mass is 10.3. The summed E-state index contributed by atoms with van der Waals surface area (Å²) in [5.74, 6) is 0. The standard InChI is InChI=1S/C6H10N2/c1-2-4-8-6-5-7-3-1/h3-4H,1-2,5-6H2. The fourth-order valence-electron chi connectivity index (χ4n) is 0.630. The quantitative estimate of drug-likeness (QED) is 0.443. The van der Waals surface area contributed by atoms with Gasteiger partial charge < -0.3 is 0 Å². The van der Waals surface area contributed by atoms with Gasteiger partial charge in [0.2, 0.25) is 0 Å². The van der Waals surface area contributed by atoms with E-state index in [-0.39, 0.29) is 0 Å². The topological polar surface area (TPSA) is 24.7 Å². The molecule has 0 saturated carbocycles. The first-order chi connectivity index (χ1) is 4.00. The first-order valence-corrected chi connectivity index (χ1v) is 2.97. The van der Waals surface area contributed by atoms with Crippen LogP contribution in [0.5, 0.6) is 0 Å². The summed E-state index contributed by atoms with van der Waals surface area (Å²) >= 11 is 0. The highest BCUT2D eigenvalue weighted by Gasteiger charge is 1.83. The van der Waals surface area contributed by atoms with E-state index in [1.54, 1.807) is 0 Å². The Balaban J connectivity index is 2.29. The normalized spacial score (nSPS) is 20.0. The maximum atomic E-state index is 4.09. The van der Waals surface area contributed by atoms with Gasteiger partial charge in [-0.25, -0.2) is 0 Å². The number of aliphatic imine (C=N–C) groups is 2. The number of nitrogens with zero attached hydrogens (tertiary/aromatic N) is 2. The molecule has 0 aliphatic carbocycles. The Labute approximate surface area is 49.3 Å². The van der Waals surface area contributed by atoms with E-state index in [1.165, 1.54) is 0 Å². The third-order valence-electron chi connectivity index (χ3n) is 1.04. The molecule has 0 spiro atoms. The van der Waals surface area contributed by atoms with Crippen molar-refractivity contribution in [2.24, 2.45) is 9.98 Å². The van der Waals surface area contributed by atoms with Gasteiger partial charge in [0.1, 0.15) is 0 Å². The molecule has 1 aliphatic rings. The van der Waals surface area contributed by atoms with Gasteiger partial charge in [0.15, 0.2) is 0 Å². The van der Waals surface area contributed by atoms with Gasteiger partial charge in [-0.2, -0.15) is 0 Å². The molecule has 0 aromatic carbocycles. The van der Waals surface area contributed by atoms with Crippen LogP contribution in [0.1, 0.15) is 12.8 Å². The van der Waals surface area contributed by atoms with Gasteiger partial charge in [-0.15, -0.1) is 0 Å². The Morgan fingerprint density at radius 3 is 1.88 bits per heavy atom. The average Bonchev–Trinajstić information content (AvgIpc) is 1.62. The van der Waals surface area contributed by atoms with Crippen LogP contribution >= 0.6 is 0 Å². The molecule has 8 heavy (non-hydrogen) atoms. The first kappa shape index (κ1) is 5.48. The summed E-state index contributed by atoms with van der Waals surface area (Å²) in [5.41, 5.74) is 0. The summed E-state index contributed by atoms with van der Waals surface area (Å²) in [4.78, 5) is 8.18. The monoisotopic (exact) mass is 110 g/mol. The van der Waals surface area contributed by atoms with Crippen molar-refractivity contribution in [2.75, 3.05) is 13.1 Å². The van der Waals surface area contributed by atoms with Crippen molar-refractivity contribution in [2.45, 2.75) is 12.8 Å². The van der Waals surface area contributed by atoms with Gasteiger partial charge in [0.05, 0.1) is 13.1 Å². The molecule has 0 saturated heterocycles. The molecule has 0 aromatic rings. The van der Waals surface area contributed by atoms with Gasteiger partial charge in [-0.3, -0.25) is 9.98 Å². The molecule has 44 valence electrons. The summed E-state index contributed by atoms with van der Waals surface area (Å²) in [6.07, 6.45) is 6.07. The van der Waals surface area contributed by atoms with Gasteiger partial charge >= 0.3 is 0 Å². The molecule has 1 heterocycles. The highest BCUT2D eigenvalue weighted by molar-refractivity contribution is 5.66. The van der Waals surface area contributed by atoms with Gasteiger partial charge in [-0.05, 0) is 25.3 Å². The lowest BCUT2D eigenvalue weighted by Crippen LogP contribution is -1.92. The van der Waals surface area contributed by atoms with Gasteiger partial charge in [0, 0.05) is 0 Å². The molecule has 0 radical (unpaired) electrons. The molecule has 1 aliphatic heterocycles. The number of hydrogen-bond donors (Lipinski definition) is 0. The van der Waals surface area contributed by atoms with E-state index >= 15 is 0 Å². The van der Waals surface area contributed by atoms with Crippen molar-refractivity contribution in [3.63, 3.8) is 0 Å². The molecule has 0 aromatic heterocycles. The Morgan fingerprint density at radius 1 is 0.875 bits per heavy atom. The zero-order chi connectivity index (χ0) is 5.66. The summed E-state index contributed by atoms with van der Waals surface area (Å²) < 4.78 is 0. The van der Waals surface area contributed by atoms with E-state index in [9.17, 15) is 0 Å². The molecule has 0 atom stereocenters. The van der Waals surface area contributed by atoms with E-state index < -0.39 is 0 Å².